The summed E-state index contributed by atoms with van der Waals surface area (Å²) < 4.78 is 52.2. The van der Waals surface area contributed by atoms with Crippen molar-refractivity contribution in [2.75, 3.05) is 18.4 Å². The van der Waals surface area contributed by atoms with E-state index in [9.17, 15) is 17.6 Å². The first-order valence-corrected chi connectivity index (χ1v) is 8.93. The van der Waals surface area contributed by atoms with Crippen molar-refractivity contribution in [2.45, 2.75) is 32.0 Å². The molecule has 1 spiro atoms. The standard InChI is InChI=1S/C18H18F4N4.CH2O2/c1-10-14(13-3-2-11(4-15(13)19)18(20,21)22)7-24-16(25-10)26-12-5-17(6-12)8-23-9-17;2-1-3/h2-4,7,12,23H,5-6,8-9H2,1H3,(H,24,25,26);1H,(H,2,3). The molecule has 0 bridgehead atoms. The number of hydrogen-bond acceptors (Lipinski definition) is 5. The molecule has 0 radical (unpaired) electrons. The van der Waals surface area contributed by atoms with E-state index in [0.717, 1.165) is 38.1 Å². The summed E-state index contributed by atoms with van der Waals surface area (Å²) in [4.78, 5) is 16.9. The van der Waals surface area contributed by atoms with Crippen molar-refractivity contribution in [3.8, 4) is 11.1 Å². The zero-order valence-corrected chi connectivity index (χ0v) is 15.6. The van der Waals surface area contributed by atoms with Gasteiger partial charge in [-0.3, -0.25) is 4.79 Å². The molecule has 0 atom stereocenters. The highest BCUT2D eigenvalue weighted by atomic mass is 19.4. The third-order valence-corrected chi connectivity index (χ3v) is 5.26. The van der Waals surface area contributed by atoms with Gasteiger partial charge >= 0.3 is 6.18 Å². The molecule has 6 nitrogen and oxygen atoms in total. The highest BCUT2D eigenvalue weighted by Gasteiger charge is 2.48. The Morgan fingerprint density at radius 3 is 2.41 bits per heavy atom. The van der Waals surface area contributed by atoms with Crippen LogP contribution in [0.2, 0.25) is 0 Å². The Bertz CT molecular complexity index is 892. The van der Waals surface area contributed by atoms with Crippen LogP contribution in [0.1, 0.15) is 24.1 Å². The summed E-state index contributed by atoms with van der Waals surface area (Å²) >= 11 is 0. The second kappa shape index (κ2) is 7.94. The van der Waals surface area contributed by atoms with E-state index in [1.54, 1.807) is 6.92 Å². The lowest BCUT2D eigenvalue weighted by atomic mass is 9.62. The topological polar surface area (TPSA) is 87.1 Å². The van der Waals surface area contributed by atoms with Crippen LogP contribution in [0.3, 0.4) is 0 Å². The van der Waals surface area contributed by atoms with Gasteiger partial charge in [-0.15, -0.1) is 0 Å². The molecule has 29 heavy (non-hydrogen) atoms. The van der Waals surface area contributed by atoms with Crippen LogP contribution in [0.5, 0.6) is 0 Å². The van der Waals surface area contributed by atoms with E-state index < -0.39 is 17.6 Å². The van der Waals surface area contributed by atoms with Crippen LogP contribution in [0.4, 0.5) is 23.5 Å². The van der Waals surface area contributed by atoms with E-state index in [1.807, 2.05) is 0 Å². The zero-order chi connectivity index (χ0) is 21.2. The van der Waals surface area contributed by atoms with Crippen molar-refractivity contribution in [1.82, 2.24) is 15.3 Å². The molecule has 1 saturated heterocycles. The van der Waals surface area contributed by atoms with E-state index in [2.05, 4.69) is 20.6 Å². The van der Waals surface area contributed by atoms with Crippen LogP contribution >= 0.6 is 0 Å². The number of aromatic nitrogens is 2. The summed E-state index contributed by atoms with van der Waals surface area (Å²) in [6.45, 7) is 3.55. The van der Waals surface area contributed by atoms with Crippen molar-refractivity contribution in [3.05, 3.63) is 41.5 Å². The van der Waals surface area contributed by atoms with Gasteiger partial charge in [-0.25, -0.2) is 14.4 Å². The van der Waals surface area contributed by atoms with Crippen LogP contribution in [0.25, 0.3) is 11.1 Å². The van der Waals surface area contributed by atoms with E-state index in [-0.39, 0.29) is 12.0 Å². The summed E-state index contributed by atoms with van der Waals surface area (Å²) in [5, 5.41) is 13.4. The van der Waals surface area contributed by atoms with Gasteiger partial charge in [-0.1, -0.05) is 6.07 Å². The minimum absolute atomic E-state index is 0.0604. The number of halogens is 4. The van der Waals surface area contributed by atoms with Crippen molar-refractivity contribution in [1.29, 1.82) is 0 Å². The van der Waals surface area contributed by atoms with Gasteiger partial charge in [0.05, 0.1) is 11.3 Å². The van der Waals surface area contributed by atoms with E-state index in [1.165, 1.54) is 6.20 Å². The van der Waals surface area contributed by atoms with Gasteiger partial charge in [0.15, 0.2) is 0 Å². The van der Waals surface area contributed by atoms with Crippen LogP contribution in [-0.2, 0) is 11.0 Å². The lowest BCUT2D eigenvalue weighted by Crippen LogP contribution is -2.63. The summed E-state index contributed by atoms with van der Waals surface area (Å²) in [6.07, 6.45) is -0.986. The number of hydrogen-bond donors (Lipinski definition) is 3. The third-order valence-electron chi connectivity index (χ3n) is 5.26. The fraction of sp³-hybridized carbons (Fsp3) is 0.421. The van der Waals surface area contributed by atoms with Gasteiger partial charge in [-0.05, 0) is 37.3 Å². The van der Waals surface area contributed by atoms with E-state index >= 15 is 0 Å². The van der Waals surface area contributed by atoms with Crippen LogP contribution in [0.15, 0.2) is 24.4 Å². The molecule has 3 N–H and O–H groups in total. The van der Waals surface area contributed by atoms with Crippen molar-refractivity contribution in [2.24, 2.45) is 5.41 Å². The number of carbonyl (C=O) groups is 1. The zero-order valence-electron chi connectivity index (χ0n) is 15.6. The quantitative estimate of drug-likeness (QED) is 0.529. The molecule has 1 aliphatic heterocycles. The largest absolute Gasteiger partial charge is 0.483 e. The van der Waals surface area contributed by atoms with Crippen molar-refractivity contribution < 1.29 is 27.5 Å². The smallest absolute Gasteiger partial charge is 0.416 e. The molecule has 10 heteroatoms. The lowest BCUT2D eigenvalue weighted by Gasteiger charge is -2.54. The number of alkyl halides is 3. The monoisotopic (exact) mass is 412 g/mol. The summed E-state index contributed by atoms with van der Waals surface area (Å²) in [5.74, 6) is -0.476. The van der Waals surface area contributed by atoms with Gasteiger partial charge in [0.2, 0.25) is 5.95 Å². The lowest BCUT2D eigenvalue weighted by molar-refractivity contribution is -0.137. The van der Waals surface area contributed by atoms with Gasteiger partial charge in [0.1, 0.15) is 5.82 Å². The SMILES string of the molecule is Cc1nc(NC2CC3(CNC3)C2)ncc1-c1ccc(C(F)(F)F)cc1F.O=CO. The molecule has 1 aliphatic carbocycles. The molecule has 2 aromatic rings. The summed E-state index contributed by atoms with van der Waals surface area (Å²) in [6, 6.07) is 2.81. The predicted octanol–water partition coefficient (Wildman–Crippen LogP) is 3.47. The maximum Gasteiger partial charge on any atom is 0.416 e. The molecule has 2 aliphatic rings. The number of anilines is 1. The average molecular weight is 412 g/mol. The van der Waals surface area contributed by atoms with E-state index in [0.29, 0.717) is 34.7 Å². The molecule has 1 aromatic heterocycles. The van der Waals surface area contributed by atoms with Crippen LogP contribution in [-0.4, -0.2) is 40.7 Å². The molecule has 0 unspecified atom stereocenters. The number of nitrogens with one attached hydrogen (secondary N) is 2. The first kappa shape index (κ1) is 21.0. The molecular formula is C19H20F4N4O2. The molecule has 156 valence electrons. The Morgan fingerprint density at radius 2 is 1.93 bits per heavy atom. The van der Waals surface area contributed by atoms with Gasteiger partial charge in [0.25, 0.3) is 6.47 Å². The van der Waals surface area contributed by atoms with E-state index in [4.69, 9.17) is 9.90 Å². The third kappa shape index (κ3) is 4.47. The highest BCUT2D eigenvalue weighted by molar-refractivity contribution is 5.66. The number of nitrogens with zero attached hydrogens (tertiary/aromatic N) is 2. The number of rotatable bonds is 3. The number of carboxylic acid groups (broad SMARTS) is 1. The molecule has 2 fully saturated rings. The molecule has 2 heterocycles. The van der Waals surface area contributed by atoms with Crippen LogP contribution < -0.4 is 10.6 Å². The Labute approximate surface area is 164 Å². The number of benzene rings is 1. The minimum atomic E-state index is -4.57. The first-order chi connectivity index (χ1) is 13.7. The van der Waals surface area contributed by atoms with Crippen molar-refractivity contribution in [3.63, 3.8) is 0 Å². The molecule has 1 saturated carbocycles. The molecular weight excluding hydrogens is 392 g/mol. The summed E-state index contributed by atoms with van der Waals surface area (Å²) in [5.41, 5.74) is 0.372. The Balaban J connectivity index is 0.000000755. The summed E-state index contributed by atoms with van der Waals surface area (Å²) in [7, 11) is 0. The van der Waals surface area contributed by atoms with Gasteiger partial charge in [-0.2, -0.15) is 13.2 Å². The molecule has 1 aromatic carbocycles. The first-order valence-electron chi connectivity index (χ1n) is 8.93. The number of aryl methyl sites for hydroxylation is 1. The second-order valence-corrected chi connectivity index (χ2v) is 7.34. The predicted molar refractivity (Wildman–Crippen MR) is 97.8 cm³/mol. The average Bonchev–Trinajstić information content (AvgIpc) is 2.56. The Kier molecular flexibility index (Phi) is 5.74. The fourth-order valence-corrected chi connectivity index (χ4v) is 3.75. The maximum absolute atomic E-state index is 14.2. The highest BCUT2D eigenvalue weighted by Crippen LogP contribution is 2.45. The second-order valence-electron chi connectivity index (χ2n) is 7.34. The molecule has 0 amide bonds. The minimum Gasteiger partial charge on any atom is -0.483 e. The van der Waals surface area contributed by atoms with Gasteiger partial charge in [0, 0.05) is 36.5 Å². The Morgan fingerprint density at radius 1 is 1.28 bits per heavy atom. The van der Waals surface area contributed by atoms with Crippen molar-refractivity contribution >= 4 is 12.4 Å². The molecule has 4 rings (SSSR count). The fourth-order valence-electron chi connectivity index (χ4n) is 3.75. The van der Waals surface area contributed by atoms with Crippen LogP contribution in [0, 0.1) is 18.2 Å². The normalized spacial score (nSPS) is 17.6. The van der Waals surface area contributed by atoms with Gasteiger partial charge < -0.3 is 15.7 Å². The maximum atomic E-state index is 14.2. The Hall–Kier alpha value is -2.75.